The highest BCUT2D eigenvalue weighted by molar-refractivity contribution is 5.99. The Balaban J connectivity index is 2.55. The molecule has 27 heavy (non-hydrogen) atoms. The van der Waals surface area contributed by atoms with E-state index < -0.39 is 0 Å². The van der Waals surface area contributed by atoms with Gasteiger partial charge in [-0.2, -0.15) is 0 Å². The van der Waals surface area contributed by atoms with Crippen molar-refractivity contribution in [3.05, 3.63) is 34.4 Å². The predicted molar refractivity (Wildman–Crippen MR) is 111 cm³/mol. The van der Waals surface area contributed by atoms with E-state index in [1.807, 2.05) is 13.8 Å². The SMILES string of the molecule is CCCCCc1cc(O)c(C2C=C(C)CCC2)c(O)c1C(=O)N(CC)CC. The number of nitrogens with zero attached hydrogens (tertiary/aromatic N) is 1. The molecule has 0 saturated carbocycles. The number of carbonyl (C=O) groups is 1. The first-order valence-electron chi connectivity index (χ1n) is 10.5. The first-order chi connectivity index (χ1) is 12.9. The summed E-state index contributed by atoms with van der Waals surface area (Å²) in [6, 6.07) is 1.72. The van der Waals surface area contributed by atoms with Gasteiger partial charge in [-0.25, -0.2) is 0 Å². The molecule has 0 aliphatic heterocycles. The van der Waals surface area contributed by atoms with Gasteiger partial charge in [0.2, 0.25) is 0 Å². The molecule has 0 spiro atoms. The van der Waals surface area contributed by atoms with E-state index in [9.17, 15) is 15.0 Å². The number of rotatable bonds is 8. The molecule has 1 atom stereocenters. The Morgan fingerprint density at radius 3 is 2.48 bits per heavy atom. The average Bonchev–Trinajstić information content (AvgIpc) is 2.62. The number of aryl methyl sites for hydroxylation is 1. The molecule has 0 radical (unpaired) electrons. The molecule has 0 heterocycles. The van der Waals surface area contributed by atoms with Gasteiger partial charge in [0, 0.05) is 24.6 Å². The summed E-state index contributed by atoms with van der Waals surface area (Å²) in [6.07, 6.45) is 8.87. The fraction of sp³-hybridized carbons (Fsp3) is 0.609. The molecule has 1 aromatic rings. The number of unbranched alkanes of at least 4 members (excludes halogenated alkanes) is 2. The standard InChI is InChI=1S/C23H35NO3/c1-5-8-9-12-18-15-19(25)20(17-13-10-11-16(4)14-17)22(26)21(18)23(27)24(6-2)7-3/h14-15,17,25-26H,5-13H2,1-4H3. The van der Waals surface area contributed by atoms with Crippen LogP contribution in [0.2, 0.25) is 0 Å². The molecule has 0 fully saturated rings. The number of benzene rings is 1. The number of hydrogen-bond donors (Lipinski definition) is 2. The maximum atomic E-state index is 13.2. The lowest BCUT2D eigenvalue weighted by Crippen LogP contribution is -2.31. The average molecular weight is 374 g/mol. The van der Waals surface area contributed by atoms with Gasteiger partial charge in [-0.15, -0.1) is 0 Å². The van der Waals surface area contributed by atoms with Gasteiger partial charge in [0.05, 0.1) is 5.56 Å². The van der Waals surface area contributed by atoms with Gasteiger partial charge in [-0.1, -0.05) is 31.4 Å². The van der Waals surface area contributed by atoms with Gasteiger partial charge in [0.25, 0.3) is 5.91 Å². The Bertz CT molecular complexity index is 689. The molecule has 1 aliphatic carbocycles. The highest BCUT2D eigenvalue weighted by Crippen LogP contribution is 2.44. The van der Waals surface area contributed by atoms with Crippen LogP contribution in [0.5, 0.6) is 11.5 Å². The Kier molecular flexibility index (Phi) is 7.76. The zero-order chi connectivity index (χ0) is 20.0. The quantitative estimate of drug-likeness (QED) is 0.465. The van der Waals surface area contributed by atoms with E-state index in [-0.39, 0.29) is 23.3 Å². The van der Waals surface area contributed by atoms with Crippen molar-refractivity contribution in [3.63, 3.8) is 0 Å². The van der Waals surface area contributed by atoms with Crippen LogP contribution >= 0.6 is 0 Å². The summed E-state index contributed by atoms with van der Waals surface area (Å²) >= 11 is 0. The van der Waals surface area contributed by atoms with E-state index in [2.05, 4.69) is 19.9 Å². The number of hydrogen-bond acceptors (Lipinski definition) is 3. The van der Waals surface area contributed by atoms with Crippen molar-refractivity contribution >= 4 is 5.91 Å². The number of phenols is 2. The summed E-state index contributed by atoms with van der Waals surface area (Å²) in [4.78, 5) is 14.9. The lowest BCUT2D eigenvalue weighted by Gasteiger charge is -2.26. The van der Waals surface area contributed by atoms with E-state index in [0.29, 0.717) is 30.6 Å². The minimum atomic E-state index is -0.137. The molecule has 0 bridgehead atoms. The molecule has 1 aliphatic rings. The summed E-state index contributed by atoms with van der Waals surface area (Å²) in [5.74, 6) is -0.0751. The summed E-state index contributed by atoms with van der Waals surface area (Å²) < 4.78 is 0. The number of amides is 1. The first kappa shape index (κ1) is 21.3. The monoisotopic (exact) mass is 373 g/mol. The third-order valence-electron chi connectivity index (χ3n) is 5.66. The molecule has 1 aromatic carbocycles. The third-order valence-corrected chi connectivity index (χ3v) is 5.66. The first-order valence-corrected chi connectivity index (χ1v) is 10.5. The highest BCUT2D eigenvalue weighted by atomic mass is 16.3. The van der Waals surface area contributed by atoms with Gasteiger partial charge < -0.3 is 15.1 Å². The minimum Gasteiger partial charge on any atom is -0.507 e. The highest BCUT2D eigenvalue weighted by Gasteiger charge is 2.29. The van der Waals surface area contributed by atoms with Crippen LogP contribution < -0.4 is 0 Å². The largest absolute Gasteiger partial charge is 0.507 e. The van der Waals surface area contributed by atoms with Crippen LogP contribution in [-0.2, 0) is 6.42 Å². The zero-order valence-corrected chi connectivity index (χ0v) is 17.3. The Morgan fingerprint density at radius 1 is 1.19 bits per heavy atom. The Morgan fingerprint density at radius 2 is 1.89 bits per heavy atom. The van der Waals surface area contributed by atoms with E-state index in [1.165, 1.54) is 5.57 Å². The second-order valence-electron chi connectivity index (χ2n) is 7.64. The van der Waals surface area contributed by atoms with E-state index in [4.69, 9.17) is 0 Å². The Labute approximate surface area is 163 Å². The van der Waals surface area contributed by atoms with Crippen molar-refractivity contribution in [2.75, 3.05) is 13.1 Å². The van der Waals surface area contributed by atoms with Gasteiger partial charge in [-0.3, -0.25) is 4.79 Å². The van der Waals surface area contributed by atoms with Crippen molar-refractivity contribution < 1.29 is 15.0 Å². The lowest BCUT2D eigenvalue weighted by atomic mass is 9.83. The van der Waals surface area contributed by atoms with Gasteiger partial charge in [-0.05, 0) is 64.5 Å². The topological polar surface area (TPSA) is 60.8 Å². The van der Waals surface area contributed by atoms with Gasteiger partial charge in [0.15, 0.2) is 0 Å². The lowest BCUT2D eigenvalue weighted by molar-refractivity contribution is 0.0768. The second kappa shape index (κ2) is 9.82. The van der Waals surface area contributed by atoms with Crippen molar-refractivity contribution in [1.29, 1.82) is 0 Å². The van der Waals surface area contributed by atoms with Crippen LogP contribution in [0, 0.1) is 0 Å². The smallest absolute Gasteiger partial charge is 0.257 e. The fourth-order valence-corrected chi connectivity index (χ4v) is 4.10. The van der Waals surface area contributed by atoms with Crippen LogP contribution in [0.15, 0.2) is 17.7 Å². The van der Waals surface area contributed by atoms with E-state index in [0.717, 1.165) is 44.1 Å². The van der Waals surface area contributed by atoms with E-state index >= 15 is 0 Å². The predicted octanol–water partition coefficient (Wildman–Crippen LogP) is 5.53. The maximum Gasteiger partial charge on any atom is 0.257 e. The molecule has 150 valence electrons. The van der Waals surface area contributed by atoms with Crippen LogP contribution in [-0.4, -0.2) is 34.1 Å². The van der Waals surface area contributed by atoms with Crippen LogP contribution in [0.3, 0.4) is 0 Å². The number of phenolic OH excluding ortho intramolecular Hbond substituents is 2. The van der Waals surface area contributed by atoms with Crippen molar-refractivity contribution in [1.82, 2.24) is 4.90 Å². The molecular weight excluding hydrogens is 338 g/mol. The Hall–Kier alpha value is -1.97. The minimum absolute atomic E-state index is 0.0191. The normalized spacial score (nSPS) is 16.9. The molecule has 1 unspecified atom stereocenters. The van der Waals surface area contributed by atoms with Crippen molar-refractivity contribution in [3.8, 4) is 11.5 Å². The van der Waals surface area contributed by atoms with Gasteiger partial charge in [0.1, 0.15) is 11.5 Å². The molecule has 2 rings (SSSR count). The zero-order valence-electron chi connectivity index (χ0n) is 17.3. The molecule has 0 aromatic heterocycles. The molecular formula is C23H35NO3. The molecule has 0 saturated heterocycles. The molecule has 2 N–H and O–H groups in total. The molecule has 1 amide bonds. The number of allylic oxidation sites excluding steroid dienone is 2. The molecule has 4 heteroatoms. The van der Waals surface area contributed by atoms with Crippen LogP contribution in [0.4, 0.5) is 0 Å². The second-order valence-corrected chi connectivity index (χ2v) is 7.64. The summed E-state index contributed by atoms with van der Waals surface area (Å²) in [7, 11) is 0. The maximum absolute atomic E-state index is 13.2. The summed E-state index contributed by atoms with van der Waals surface area (Å²) in [6.45, 7) is 9.32. The number of aromatic hydroxyl groups is 2. The summed E-state index contributed by atoms with van der Waals surface area (Å²) in [5.41, 5.74) is 2.94. The fourth-order valence-electron chi connectivity index (χ4n) is 4.10. The van der Waals surface area contributed by atoms with Crippen LogP contribution in [0.1, 0.15) is 93.6 Å². The molecule has 4 nitrogen and oxygen atoms in total. The van der Waals surface area contributed by atoms with Crippen molar-refractivity contribution in [2.45, 2.75) is 78.6 Å². The summed E-state index contributed by atoms with van der Waals surface area (Å²) in [5, 5.41) is 21.8. The van der Waals surface area contributed by atoms with Gasteiger partial charge >= 0.3 is 0 Å². The van der Waals surface area contributed by atoms with Crippen LogP contribution in [0.25, 0.3) is 0 Å². The van der Waals surface area contributed by atoms with Crippen molar-refractivity contribution in [2.24, 2.45) is 0 Å². The third kappa shape index (κ3) is 4.85. The number of carbonyl (C=O) groups excluding carboxylic acids is 1. The van der Waals surface area contributed by atoms with E-state index in [1.54, 1.807) is 11.0 Å².